The molecule has 2 aliphatic rings. The van der Waals surface area contributed by atoms with Crippen LogP contribution in [0.15, 0.2) is 42.6 Å². The van der Waals surface area contributed by atoms with E-state index >= 15 is 0 Å². The summed E-state index contributed by atoms with van der Waals surface area (Å²) in [4.78, 5) is 26.3. The van der Waals surface area contributed by atoms with Crippen LogP contribution in [0.3, 0.4) is 0 Å². The van der Waals surface area contributed by atoms with Crippen molar-refractivity contribution in [2.45, 2.75) is 30.7 Å². The van der Waals surface area contributed by atoms with Crippen molar-refractivity contribution in [2.24, 2.45) is 0 Å². The van der Waals surface area contributed by atoms with Crippen LogP contribution in [0.1, 0.15) is 19.8 Å². The van der Waals surface area contributed by atoms with E-state index in [9.17, 15) is 9.59 Å². The number of benzene rings is 1. The molecule has 24 heavy (non-hydrogen) atoms. The number of aromatic nitrogens is 2. The molecule has 2 aromatic rings. The molecule has 6 nitrogen and oxygen atoms in total. The maximum absolute atomic E-state index is 12.6. The van der Waals surface area contributed by atoms with Crippen LogP contribution in [0.4, 0.5) is 5.82 Å². The van der Waals surface area contributed by atoms with Crippen molar-refractivity contribution in [1.29, 1.82) is 0 Å². The van der Waals surface area contributed by atoms with E-state index in [1.165, 1.54) is 0 Å². The SMILES string of the molecule is C[C@]12CCC(=O)N1[C@@H](C(=O)Nc1ccn(-c3ccccc3)n1)CS2. The summed E-state index contributed by atoms with van der Waals surface area (Å²) < 4.78 is 1.71. The van der Waals surface area contributed by atoms with Gasteiger partial charge in [0.1, 0.15) is 6.04 Å². The first-order chi connectivity index (χ1) is 11.6. The molecule has 0 spiro atoms. The van der Waals surface area contributed by atoms with Crippen LogP contribution in [0.25, 0.3) is 5.69 Å². The Bertz CT molecular complexity index is 791. The molecule has 3 heterocycles. The maximum atomic E-state index is 12.6. The van der Waals surface area contributed by atoms with Gasteiger partial charge in [-0.1, -0.05) is 18.2 Å². The Morgan fingerprint density at radius 3 is 2.92 bits per heavy atom. The number of para-hydroxylation sites is 1. The Morgan fingerprint density at radius 1 is 1.33 bits per heavy atom. The number of hydrogen-bond donors (Lipinski definition) is 1. The highest BCUT2D eigenvalue weighted by molar-refractivity contribution is 8.01. The average Bonchev–Trinajstić information content (AvgIpc) is 3.25. The van der Waals surface area contributed by atoms with Crippen LogP contribution in [-0.2, 0) is 9.59 Å². The largest absolute Gasteiger partial charge is 0.315 e. The van der Waals surface area contributed by atoms with E-state index in [2.05, 4.69) is 10.4 Å². The summed E-state index contributed by atoms with van der Waals surface area (Å²) in [6.07, 6.45) is 3.14. The zero-order valence-electron chi connectivity index (χ0n) is 13.3. The molecule has 0 bridgehead atoms. The number of carbonyl (C=O) groups is 2. The molecule has 0 aliphatic carbocycles. The number of amides is 2. The van der Waals surface area contributed by atoms with Crippen molar-refractivity contribution >= 4 is 29.4 Å². The molecule has 124 valence electrons. The fourth-order valence-electron chi connectivity index (χ4n) is 3.34. The quantitative estimate of drug-likeness (QED) is 0.929. The van der Waals surface area contributed by atoms with Gasteiger partial charge in [-0.2, -0.15) is 5.10 Å². The van der Waals surface area contributed by atoms with Crippen LogP contribution < -0.4 is 5.32 Å². The van der Waals surface area contributed by atoms with Gasteiger partial charge in [-0.25, -0.2) is 4.68 Å². The number of carbonyl (C=O) groups excluding carboxylic acids is 2. The van der Waals surface area contributed by atoms with Gasteiger partial charge in [0.2, 0.25) is 11.8 Å². The Kier molecular flexibility index (Phi) is 3.60. The van der Waals surface area contributed by atoms with E-state index < -0.39 is 6.04 Å². The van der Waals surface area contributed by atoms with Gasteiger partial charge in [-0.3, -0.25) is 9.59 Å². The van der Waals surface area contributed by atoms with Crippen molar-refractivity contribution in [1.82, 2.24) is 14.7 Å². The van der Waals surface area contributed by atoms with Crippen molar-refractivity contribution in [3.63, 3.8) is 0 Å². The van der Waals surface area contributed by atoms with Crippen molar-refractivity contribution in [2.75, 3.05) is 11.1 Å². The number of thioether (sulfide) groups is 1. The van der Waals surface area contributed by atoms with E-state index in [1.807, 2.05) is 37.3 Å². The van der Waals surface area contributed by atoms with E-state index in [4.69, 9.17) is 0 Å². The van der Waals surface area contributed by atoms with Crippen LogP contribution >= 0.6 is 11.8 Å². The molecule has 7 heteroatoms. The molecular weight excluding hydrogens is 324 g/mol. The van der Waals surface area contributed by atoms with Gasteiger partial charge in [0.25, 0.3) is 0 Å². The topological polar surface area (TPSA) is 67.2 Å². The second-order valence-corrected chi connectivity index (χ2v) is 7.74. The lowest BCUT2D eigenvalue weighted by molar-refractivity contribution is -0.135. The molecule has 1 N–H and O–H groups in total. The summed E-state index contributed by atoms with van der Waals surface area (Å²) >= 11 is 1.69. The molecule has 2 aliphatic heterocycles. The summed E-state index contributed by atoms with van der Waals surface area (Å²) in [5, 5.41) is 7.23. The number of hydrogen-bond acceptors (Lipinski definition) is 4. The lowest BCUT2D eigenvalue weighted by Crippen LogP contribution is -2.48. The van der Waals surface area contributed by atoms with Crippen molar-refractivity contribution < 1.29 is 9.59 Å². The molecule has 2 amide bonds. The molecule has 0 radical (unpaired) electrons. The van der Waals surface area contributed by atoms with Crippen molar-refractivity contribution in [3.05, 3.63) is 42.6 Å². The van der Waals surface area contributed by atoms with Gasteiger partial charge in [-0.05, 0) is 25.5 Å². The van der Waals surface area contributed by atoms with Gasteiger partial charge < -0.3 is 10.2 Å². The predicted octanol–water partition coefficient (Wildman–Crippen LogP) is 2.26. The second kappa shape index (κ2) is 5.66. The first kappa shape index (κ1) is 15.3. The molecule has 0 unspecified atom stereocenters. The minimum absolute atomic E-state index is 0.0671. The van der Waals surface area contributed by atoms with Crippen LogP contribution in [-0.4, -0.2) is 43.2 Å². The fourth-order valence-corrected chi connectivity index (χ4v) is 4.77. The van der Waals surface area contributed by atoms with E-state index in [-0.39, 0.29) is 16.7 Å². The third-order valence-electron chi connectivity index (χ3n) is 4.61. The zero-order chi connectivity index (χ0) is 16.7. The van der Waals surface area contributed by atoms with E-state index in [1.54, 1.807) is 33.6 Å². The Balaban J connectivity index is 1.49. The molecule has 2 saturated heterocycles. The second-order valence-electron chi connectivity index (χ2n) is 6.24. The highest BCUT2D eigenvalue weighted by Crippen LogP contribution is 2.47. The standard InChI is InChI=1S/C17H18N4O2S/c1-17-9-7-15(22)21(17)13(11-24-17)16(23)18-14-8-10-20(19-14)12-5-3-2-4-6-12/h2-6,8,10,13H,7,9,11H2,1H3,(H,18,19,23)/t13-,17+/m1/s1. The lowest BCUT2D eigenvalue weighted by Gasteiger charge is -2.29. The molecule has 4 rings (SSSR count). The smallest absolute Gasteiger partial charge is 0.249 e. The number of anilines is 1. The predicted molar refractivity (Wildman–Crippen MR) is 92.9 cm³/mol. The van der Waals surface area contributed by atoms with Gasteiger partial charge in [-0.15, -0.1) is 11.8 Å². The van der Waals surface area contributed by atoms with Gasteiger partial charge in [0.15, 0.2) is 5.82 Å². The van der Waals surface area contributed by atoms with Gasteiger partial charge in [0, 0.05) is 24.4 Å². The highest BCUT2D eigenvalue weighted by atomic mass is 32.2. The van der Waals surface area contributed by atoms with E-state index in [0.717, 1.165) is 12.1 Å². The molecule has 0 saturated carbocycles. The molecular formula is C17H18N4O2S. The molecule has 2 atom stereocenters. The average molecular weight is 342 g/mol. The maximum Gasteiger partial charge on any atom is 0.249 e. The molecule has 1 aromatic heterocycles. The van der Waals surface area contributed by atoms with Crippen LogP contribution in [0, 0.1) is 0 Å². The fraction of sp³-hybridized carbons (Fsp3) is 0.353. The number of nitrogens with zero attached hydrogens (tertiary/aromatic N) is 3. The van der Waals surface area contributed by atoms with Gasteiger partial charge in [0.05, 0.1) is 10.6 Å². The minimum Gasteiger partial charge on any atom is -0.315 e. The first-order valence-corrected chi connectivity index (χ1v) is 8.93. The zero-order valence-corrected chi connectivity index (χ0v) is 14.1. The third-order valence-corrected chi connectivity index (χ3v) is 6.11. The third kappa shape index (κ3) is 2.49. The molecule has 2 fully saturated rings. The summed E-state index contributed by atoms with van der Waals surface area (Å²) in [6.45, 7) is 2.04. The Labute approximate surface area is 144 Å². The summed E-state index contributed by atoms with van der Waals surface area (Å²) in [6, 6.07) is 11.0. The van der Waals surface area contributed by atoms with Crippen LogP contribution in [0.2, 0.25) is 0 Å². The highest BCUT2D eigenvalue weighted by Gasteiger charge is 2.52. The molecule has 1 aromatic carbocycles. The Hall–Kier alpha value is -2.28. The normalized spacial score (nSPS) is 25.8. The van der Waals surface area contributed by atoms with Crippen molar-refractivity contribution in [3.8, 4) is 5.69 Å². The van der Waals surface area contributed by atoms with Gasteiger partial charge >= 0.3 is 0 Å². The van der Waals surface area contributed by atoms with Crippen LogP contribution in [0.5, 0.6) is 0 Å². The number of nitrogens with one attached hydrogen (secondary N) is 1. The number of rotatable bonds is 3. The minimum atomic E-state index is -0.420. The summed E-state index contributed by atoms with van der Waals surface area (Å²) in [7, 11) is 0. The number of fused-ring (bicyclic) bond motifs is 1. The monoisotopic (exact) mass is 342 g/mol. The lowest BCUT2D eigenvalue weighted by atomic mass is 10.2. The van der Waals surface area contributed by atoms with E-state index in [0.29, 0.717) is 18.0 Å². The summed E-state index contributed by atoms with van der Waals surface area (Å²) in [5.41, 5.74) is 0.928. The Morgan fingerprint density at radius 2 is 2.12 bits per heavy atom. The first-order valence-electron chi connectivity index (χ1n) is 7.95. The summed E-state index contributed by atoms with van der Waals surface area (Å²) in [5.74, 6) is 1.03.